The standard InChI is InChI=1S/C31H56O7Si/c1-23(2)36-29(33)18-14-12-10-9-11-13-17-25-26(22-35-39(7,8)31(4,5)6)28(21-27(25)37-24(3)32)38-30-19-15-16-20-34-30/h11,13,23,25-28,30H,9-10,12,14-22H2,1-8H3/b13-11-/t25-,26-,27+,28-,30?/m1/s1. The maximum atomic E-state index is 12.0. The Kier molecular flexibility index (Phi) is 14.2. The molecule has 0 amide bonds. The fraction of sp³-hybridized carbons (Fsp3) is 0.871. The Morgan fingerprint density at radius 3 is 2.38 bits per heavy atom. The molecule has 1 aliphatic carbocycles. The molecule has 226 valence electrons. The van der Waals surface area contributed by atoms with Gasteiger partial charge in [-0.15, -0.1) is 0 Å². The summed E-state index contributed by atoms with van der Waals surface area (Å²) in [4.78, 5) is 23.7. The molecule has 1 saturated carbocycles. The van der Waals surface area contributed by atoms with Crippen LogP contribution in [0.1, 0.15) is 106 Å². The lowest BCUT2D eigenvalue weighted by Gasteiger charge is -2.38. The lowest BCUT2D eigenvalue weighted by molar-refractivity contribution is -0.198. The first-order valence-electron chi connectivity index (χ1n) is 15.2. The van der Waals surface area contributed by atoms with E-state index in [4.69, 9.17) is 23.4 Å². The van der Waals surface area contributed by atoms with Crippen molar-refractivity contribution in [2.75, 3.05) is 13.2 Å². The second-order valence-corrected chi connectivity index (χ2v) is 17.9. The molecular formula is C31H56O7Si. The Morgan fingerprint density at radius 1 is 1.03 bits per heavy atom. The second-order valence-electron chi connectivity index (χ2n) is 13.1. The van der Waals surface area contributed by atoms with Gasteiger partial charge in [0.1, 0.15) is 6.10 Å². The van der Waals surface area contributed by atoms with Crippen LogP contribution in [0, 0.1) is 11.8 Å². The summed E-state index contributed by atoms with van der Waals surface area (Å²) in [6, 6.07) is 0. The Bertz CT molecular complexity index is 767. The van der Waals surface area contributed by atoms with Gasteiger partial charge in [0.15, 0.2) is 14.6 Å². The minimum absolute atomic E-state index is 0.0527. The first-order valence-corrected chi connectivity index (χ1v) is 18.1. The van der Waals surface area contributed by atoms with E-state index in [2.05, 4.69) is 46.0 Å². The molecular weight excluding hydrogens is 512 g/mol. The third-order valence-corrected chi connectivity index (χ3v) is 12.9. The fourth-order valence-corrected chi connectivity index (χ4v) is 6.17. The number of unbranched alkanes of at least 4 members (excludes halogenated alkanes) is 3. The molecule has 8 heteroatoms. The van der Waals surface area contributed by atoms with Crippen molar-refractivity contribution < 1.29 is 33.0 Å². The Balaban J connectivity index is 2.01. The smallest absolute Gasteiger partial charge is 0.306 e. The van der Waals surface area contributed by atoms with E-state index in [1.54, 1.807) is 0 Å². The van der Waals surface area contributed by atoms with Gasteiger partial charge < -0.3 is 23.4 Å². The minimum atomic E-state index is -1.96. The van der Waals surface area contributed by atoms with Crippen LogP contribution < -0.4 is 0 Å². The Labute approximate surface area is 238 Å². The highest BCUT2D eigenvalue weighted by molar-refractivity contribution is 6.74. The zero-order valence-corrected chi connectivity index (χ0v) is 27.0. The summed E-state index contributed by atoms with van der Waals surface area (Å²) in [5, 5.41) is 0.116. The van der Waals surface area contributed by atoms with Gasteiger partial charge in [0.05, 0.1) is 12.2 Å². The average molecular weight is 569 g/mol. The van der Waals surface area contributed by atoms with Crippen molar-refractivity contribution >= 4 is 20.3 Å². The molecule has 1 heterocycles. The van der Waals surface area contributed by atoms with E-state index in [9.17, 15) is 9.59 Å². The molecule has 2 aliphatic rings. The molecule has 0 radical (unpaired) electrons. The molecule has 5 atom stereocenters. The summed E-state index contributed by atoms with van der Waals surface area (Å²) in [6.07, 6.45) is 12.9. The molecule has 2 fully saturated rings. The molecule has 0 aromatic carbocycles. The predicted octanol–water partition coefficient (Wildman–Crippen LogP) is 7.34. The summed E-state index contributed by atoms with van der Waals surface area (Å²) < 4.78 is 30.2. The number of allylic oxidation sites excluding steroid dienone is 2. The quantitative estimate of drug-likeness (QED) is 0.0885. The molecule has 0 aromatic heterocycles. The van der Waals surface area contributed by atoms with E-state index in [-0.39, 0.29) is 53.4 Å². The summed E-state index contributed by atoms with van der Waals surface area (Å²) in [7, 11) is -1.96. The monoisotopic (exact) mass is 568 g/mol. The largest absolute Gasteiger partial charge is 0.463 e. The highest BCUT2D eigenvalue weighted by Crippen LogP contribution is 2.43. The summed E-state index contributed by atoms with van der Waals surface area (Å²) >= 11 is 0. The van der Waals surface area contributed by atoms with Gasteiger partial charge in [-0.25, -0.2) is 0 Å². The maximum Gasteiger partial charge on any atom is 0.306 e. The first-order chi connectivity index (χ1) is 18.3. The summed E-state index contributed by atoms with van der Waals surface area (Å²) in [6.45, 7) is 17.9. The van der Waals surface area contributed by atoms with Crippen LogP contribution in [0.5, 0.6) is 0 Å². The minimum Gasteiger partial charge on any atom is -0.463 e. The van der Waals surface area contributed by atoms with Crippen molar-refractivity contribution in [2.45, 2.75) is 148 Å². The highest BCUT2D eigenvalue weighted by Gasteiger charge is 2.48. The lowest BCUT2D eigenvalue weighted by atomic mass is 9.91. The highest BCUT2D eigenvalue weighted by atomic mass is 28.4. The van der Waals surface area contributed by atoms with E-state index in [1.165, 1.54) is 6.92 Å². The zero-order valence-electron chi connectivity index (χ0n) is 26.0. The lowest BCUT2D eigenvalue weighted by Crippen LogP contribution is -2.44. The molecule has 2 rings (SSSR count). The number of carbonyl (C=O) groups excluding carboxylic acids is 2. The number of hydrogen-bond donors (Lipinski definition) is 0. The van der Waals surface area contributed by atoms with Crippen LogP contribution in [-0.2, 0) is 33.0 Å². The van der Waals surface area contributed by atoms with Gasteiger partial charge in [0, 0.05) is 44.8 Å². The van der Waals surface area contributed by atoms with Gasteiger partial charge in [0.25, 0.3) is 0 Å². The molecule has 0 N–H and O–H groups in total. The van der Waals surface area contributed by atoms with Gasteiger partial charge in [-0.1, -0.05) is 39.3 Å². The molecule has 0 aromatic rings. The van der Waals surface area contributed by atoms with E-state index in [0.717, 1.165) is 58.0 Å². The van der Waals surface area contributed by atoms with Crippen LogP contribution >= 0.6 is 0 Å². The molecule has 1 saturated heterocycles. The van der Waals surface area contributed by atoms with Crippen LogP contribution in [0.3, 0.4) is 0 Å². The number of rotatable bonds is 15. The van der Waals surface area contributed by atoms with Crippen molar-refractivity contribution in [3.05, 3.63) is 12.2 Å². The second kappa shape index (κ2) is 16.3. The van der Waals surface area contributed by atoms with Crippen LogP contribution in [0.25, 0.3) is 0 Å². The third-order valence-electron chi connectivity index (χ3n) is 8.39. The van der Waals surface area contributed by atoms with Gasteiger partial charge in [-0.05, 0) is 76.9 Å². The van der Waals surface area contributed by atoms with E-state index in [0.29, 0.717) is 19.4 Å². The Hall–Kier alpha value is -1.22. The van der Waals surface area contributed by atoms with Crippen molar-refractivity contribution in [2.24, 2.45) is 11.8 Å². The molecule has 0 bridgehead atoms. The molecule has 1 aliphatic heterocycles. The zero-order chi connectivity index (χ0) is 29.1. The summed E-state index contributed by atoms with van der Waals surface area (Å²) in [5.74, 6) is -0.0943. The van der Waals surface area contributed by atoms with Gasteiger partial charge >= 0.3 is 11.9 Å². The fourth-order valence-electron chi connectivity index (χ4n) is 5.13. The number of esters is 2. The van der Waals surface area contributed by atoms with Crippen molar-refractivity contribution in [1.29, 1.82) is 0 Å². The molecule has 39 heavy (non-hydrogen) atoms. The molecule has 0 spiro atoms. The van der Waals surface area contributed by atoms with E-state index < -0.39 is 8.32 Å². The maximum absolute atomic E-state index is 12.0. The van der Waals surface area contributed by atoms with E-state index >= 15 is 0 Å². The van der Waals surface area contributed by atoms with Crippen LogP contribution in [0.4, 0.5) is 0 Å². The van der Waals surface area contributed by atoms with Gasteiger partial charge in [-0.2, -0.15) is 0 Å². The third kappa shape index (κ3) is 12.0. The Morgan fingerprint density at radius 2 is 1.77 bits per heavy atom. The number of hydrogen-bond acceptors (Lipinski definition) is 7. The molecule has 7 nitrogen and oxygen atoms in total. The van der Waals surface area contributed by atoms with Crippen molar-refractivity contribution in [3.63, 3.8) is 0 Å². The SMILES string of the molecule is CC(=O)O[C@H]1C[C@@H](OC2CCCCO2)[C@H](CO[Si](C)(C)C(C)(C)C)[C@H]1C/C=C\CCCCCC(=O)OC(C)C. The topological polar surface area (TPSA) is 80.3 Å². The first kappa shape index (κ1) is 34.0. The van der Waals surface area contributed by atoms with Crippen LogP contribution in [-0.4, -0.2) is 58.1 Å². The van der Waals surface area contributed by atoms with Crippen molar-refractivity contribution in [3.8, 4) is 0 Å². The van der Waals surface area contributed by atoms with Crippen LogP contribution in [0.2, 0.25) is 18.1 Å². The van der Waals surface area contributed by atoms with Gasteiger partial charge in [0.2, 0.25) is 0 Å². The normalized spacial score (nSPS) is 26.3. The number of carbonyl (C=O) groups is 2. The van der Waals surface area contributed by atoms with E-state index in [1.807, 2.05) is 13.8 Å². The predicted molar refractivity (Wildman–Crippen MR) is 157 cm³/mol. The van der Waals surface area contributed by atoms with Crippen LogP contribution in [0.15, 0.2) is 12.2 Å². The average Bonchev–Trinajstić information content (AvgIpc) is 3.13. The summed E-state index contributed by atoms with van der Waals surface area (Å²) in [5.41, 5.74) is 0. The molecule has 1 unspecified atom stereocenters. The van der Waals surface area contributed by atoms with Crippen molar-refractivity contribution in [1.82, 2.24) is 0 Å². The number of ether oxygens (including phenoxy) is 4. The van der Waals surface area contributed by atoms with Gasteiger partial charge in [-0.3, -0.25) is 9.59 Å².